The van der Waals surface area contributed by atoms with E-state index in [0.29, 0.717) is 5.13 Å². The lowest BCUT2D eigenvalue weighted by atomic mass is 9.86. The normalized spacial score (nSPS) is 19.2. The monoisotopic (exact) mass is 336 g/mol. The molecule has 2 atom stereocenters. The largest absolute Gasteiger partial charge is 0.274 e. The molecule has 1 aromatic heterocycles. The number of thiazole rings is 1. The fourth-order valence-electron chi connectivity index (χ4n) is 3.19. The van der Waals surface area contributed by atoms with E-state index in [1.165, 1.54) is 16.2 Å². The molecule has 24 heavy (non-hydrogen) atoms. The van der Waals surface area contributed by atoms with Gasteiger partial charge in [0, 0.05) is 6.42 Å². The lowest BCUT2D eigenvalue weighted by molar-refractivity contribution is -0.122. The lowest BCUT2D eigenvalue weighted by Crippen LogP contribution is -2.31. The number of rotatable bonds is 3. The molecule has 0 bridgehead atoms. The molecular weight excluding hydrogens is 320 g/mol. The van der Waals surface area contributed by atoms with Gasteiger partial charge in [-0.3, -0.25) is 9.59 Å². The molecule has 0 N–H and O–H groups in total. The summed E-state index contributed by atoms with van der Waals surface area (Å²) in [5.74, 6) is -0.629. The smallest absolute Gasteiger partial charge is 0.239 e. The highest BCUT2D eigenvalue weighted by Crippen LogP contribution is 2.38. The summed E-state index contributed by atoms with van der Waals surface area (Å²) >= 11 is 1.38. The number of hydrogen-bond donors (Lipinski definition) is 0. The molecule has 4 nitrogen and oxygen atoms in total. The Kier molecular flexibility index (Phi) is 3.65. The SMILES string of the molecule is C[C@H](c1ccccc1)[C@@H]1CC(=O)N(c2nc3ccccc3s2)C1=O. The second kappa shape index (κ2) is 5.83. The summed E-state index contributed by atoms with van der Waals surface area (Å²) in [5.41, 5.74) is 1.90. The number of anilines is 1. The van der Waals surface area contributed by atoms with Gasteiger partial charge >= 0.3 is 0 Å². The number of para-hydroxylation sites is 1. The molecule has 120 valence electrons. The third-order valence-corrected chi connectivity index (χ3v) is 5.61. The van der Waals surface area contributed by atoms with Crippen LogP contribution < -0.4 is 4.90 Å². The number of aromatic nitrogens is 1. The molecule has 2 aromatic carbocycles. The maximum absolute atomic E-state index is 12.9. The molecule has 0 aliphatic carbocycles. The number of carbonyl (C=O) groups excluding carboxylic acids is 2. The van der Waals surface area contributed by atoms with E-state index in [9.17, 15) is 9.59 Å². The van der Waals surface area contributed by atoms with Crippen molar-refractivity contribution in [3.8, 4) is 0 Å². The first-order valence-corrected chi connectivity index (χ1v) is 8.74. The highest BCUT2D eigenvalue weighted by molar-refractivity contribution is 7.22. The van der Waals surface area contributed by atoms with Gasteiger partial charge in [-0.15, -0.1) is 0 Å². The first kappa shape index (κ1) is 15.0. The van der Waals surface area contributed by atoms with Crippen LogP contribution in [0.2, 0.25) is 0 Å². The molecule has 1 fully saturated rings. The summed E-state index contributed by atoms with van der Waals surface area (Å²) in [7, 11) is 0. The maximum atomic E-state index is 12.9. The fraction of sp³-hybridized carbons (Fsp3) is 0.211. The van der Waals surface area contributed by atoms with Crippen LogP contribution in [0.5, 0.6) is 0 Å². The molecule has 5 heteroatoms. The second-order valence-corrected chi connectivity index (χ2v) is 7.05. The molecule has 0 unspecified atom stereocenters. The first-order chi connectivity index (χ1) is 11.6. The van der Waals surface area contributed by atoms with Crippen LogP contribution in [0.15, 0.2) is 54.6 Å². The number of amides is 2. The third-order valence-electron chi connectivity index (χ3n) is 4.58. The Hall–Kier alpha value is -2.53. The molecule has 3 aromatic rings. The van der Waals surface area contributed by atoms with E-state index in [1.807, 2.05) is 61.5 Å². The number of nitrogens with zero attached hydrogens (tertiary/aromatic N) is 2. The summed E-state index contributed by atoms with van der Waals surface area (Å²) in [5, 5.41) is 0.481. The molecule has 1 aliphatic rings. The van der Waals surface area contributed by atoms with Crippen LogP contribution in [0, 0.1) is 5.92 Å². The Balaban J connectivity index is 1.66. The molecule has 1 saturated heterocycles. The van der Waals surface area contributed by atoms with Gasteiger partial charge in [0.05, 0.1) is 16.1 Å². The maximum Gasteiger partial charge on any atom is 0.239 e. The first-order valence-electron chi connectivity index (χ1n) is 7.92. The van der Waals surface area contributed by atoms with Crippen molar-refractivity contribution in [1.29, 1.82) is 0 Å². The molecule has 4 rings (SSSR count). The van der Waals surface area contributed by atoms with Crippen molar-refractivity contribution in [1.82, 2.24) is 4.98 Å². The number of benzene rings is 2. The van der Waals surface area contributed by atoms with E-state index in [1.54, 1.807) is 0 Å². The summed E-state index contributed by atoms with van der Waals surface area (Å²) < 4.78 is 0.979. The quantitative estimate of drug-likeness (QED) is 0.680. The zero-order valence-corrected chi connectivity index (χ0v) is 14.0. The van der Waals surface area contributed by atoms with Gasteiger partial charge < -0.3 is 0 Å². The zero-order chi connectivity index (χ0) is 16.7. The van der Waals surface area contributed by atoms with E-state index >= 15 is 0 Å². The van der Waals surface area contributed by atoms with Crippen molar-refractivity contribution in [3.63, 3.8) is 0 Å². The highest BCUT2D eigenvalue weighted by Gasteiger charge is 2.43. The molecule has 0 saturated carbocycles. The van der Waals surface area contributed by atoms with Gasteiger partial charge in [-0.05, 0) is 23.6 Å². The van der Waals surface area contributed by atoms with Crippen molar-refractivity contribution in [3.05, 3.63) is 60.2 Å². The predicted molar refractivity (Wildman–Crippen MR) is 95.1 cm³/mol. The van der Waals surface area contributed by atoms with Crippen LogP contribution in [0.4, 0.5) is 5.13 Å². The average molecular weight is 336 g/mol. The van der Waals surface area contributed by atoms with E-state index in [0.717, 1.165) is 15.8 Å². The van der Waals surface area contributed by atoms with Gasteiger partial charge in [-0.2, -0.15) is 0 Å². The predicted octanol–water partition coefficient (Wildman–Crippen LogP) is 3.98. The van der Waals surface area contributed by atoms with Gasteiger partial charge in [0.15, 0.2) is 5.13 Å². The number of carbonyl (C=O) groups is 2. The summed E-state index contributed by atoms with van der Waals surface area (Å²) in [6, 6.07) is 17.5. The lowest BCUT2D eigenvalue weighted by Gasteiger charge is -2.18. The van der Waals surface area contributed by atoms with Crippen LogP contribution in [-0.2, 0) is 9.59 Å². The Morgan fingerprint density at radius 1 is 1.08 bits per heavy atom. The topological polar surface area (TPSA) is 50.3 Å². The molecule has 0 radical (unpaired) electrons. The minimum Gasteiger partial charge on any atom is -0.274 e. The summed E-state index contributed by atoms with van der Waals surface area (Å²) in [6.45, 7) is 2.01. The van der Waals surface area contributed by atoms with Crippen LogP contribution in [-0.4, -0.2) is 16.8 Å². The van der Waals surface area contributed by atoms with Crippen LogP contribution in [0.3, 0.4) is 0 Å². The minimum absolute atomic E-state index is 0.00188. The van der Waals surface area contributed by atoms with Crippen molar-refractivity contribution < 1.29 is 9.59 Å². The number of hydrogen-bond acceptors (Lipinski definition) is 4. The molecule has 0 spiro atoms. The van der Waals surface area contributed by atoms with Crippen molar-refractivity contribution in [2.24, 2.45) is 5.92 Å². The van der Waals surface area contributed by atoms with Gasteiger partial charge in [0.2, 0.25) is 11.8 Å². The van der Waals surface area contributed by atoms with E-state index < -0.39 is 0 Å². The van der Waals surface area contributed by atoms with Crippen molar-refractivity contribution in [2.75, 3.05) is 4.90 Å². The van der Waals surface area contributed by atoms with Crippen LogP contribution >= 0.6 is 11.3 Å². The van der Waals surface area contributed by atoms with Crippen LogP contribution in [0.25, 0.3) is 10.2 Å². The number of imide groups is 1. The van der Waals surface area contributed by atoms with Gasteiger partial charge in [0.25, 0.3) is 0 Å². The van der Waals surface area contributed by atoms with Crippen molar-refractivity contribution in [2.45, 2.75) is 19.3 Å². The van der Waals surface area contributed by atoms with Crippen molar-refractivity contribution >= 4 is 38.5 Å². The third kappa shape index (κ3) is 2.41. The van der Waals surface area contributed by atoms with Crippen LogP contribution in [0.1, 0.15) is 24.8 Å². The number of fused-ring (bicyclic) bond motifs is 1. The minimum atomic E-state index is -0.327. The Labute approximate surface area is 143 Å². The van der Waals surface area contributed by atoms with E-state index in [-0.39, 0.29) is 30.1 Å². The summed E-state index contributed by atoms with van der Waals surface area (Å²) in [4.78, 5) is 31.1. The molecule has 1 aliphatic heterocycles. The molecule has 2 heterocycles. The highest BCUT2D eigenvalue weighted by atomic mass is 32.1. The Bertz CT molecular complexity index is 886. The van der Waals surface area contributed by atoms with Gasteiger partial charge in [-0.1, -0.05) is 60.7 Å². The molecular formula is C19H16N2O2S. The fourth-order valence-corrected chi connectivity index (χ4v) is 4.18. The summed E-state index contributed by atoms with van der Waals surface area (Å²) in [6.07, 6.45) is 0.241. The van der Waals surface area contributed by atoms with E-state index in [2.05, 4.69) is 4.98 Å². The Morgan fingerprint density at radius 3 is 2.54 bits per heavy atom. The molecule has 2 amide bonds. The van der Waals surface area contributed by atoms with E-state index in [4.69, 9.17) is 0 Å². The van der Waals surface area contributed by atoms with Gasteiger partial charge in [0.1, 0.15) is 0 Å². The standard InChI is InChI=1S/C19H16N2O2S/c1-12(13-7-3-2-4-8-13)14-11-17(22)21(18(14)23)19-20-15-9-5-6-10-16(15)24-19/h2-10,12,14H,11H2,1H3/t12-,14+/m1/s1. The van der Waals surface area contributed by atoms with Gasteiger partial charge in [-0.25, -0.2) is 9.88 Å². The Morgan fingerprint density at radius 2 is 1.79 bits per heavy atom. The zero-order valence-electron chi connectivity index (χ0n) is 13.2. The second-order valence-electron chi connectivity index (χ2n) is 6.04. The average Bonchev–Trinajstić information content (AvgIpc) is 3.15.